The van der Waals surface area contributed by atoms with Crippen molar-refractivity contribution in [2.24, 2.45) is 5.73 Å². The molecule has 2 amide bonds. The van der Waals surface area contributed by atoms with Gasteiger partial charge in [0.2, 0.25) is 0 Å². The SMILES string of the molecule is CC(N)CC(C)NC(=O)NC1CCC1. The summed E-state index contributed by atoms with van der Waals surface area (Å²) in [4.78, 5) is 11.4. The van der Waals surface area contributed by atoms with E-state index in [4.69, 9.17) is 5.73 Å². The van der Waals surface area contributed by atoms with Crippen molar-refractivity contribution in [2.45, 2.75) is 57.7 Å². The highest BCUT2D eigenvalue weighted by Gasteiger charge is 2.19. The molecule has 0 aromatic rings. The fraction of sp³-hybridized carbons (Fsp3) is 0.900. The number of hydrogen-bond acceptors (Lipinski definition) is 2. The van der Waals surface area contributed by atoms with Crippen molar-refractivity contribution in [3.05, 3.63) is 0 Å². The Hall–Kier alpha value is -0.770. The van der Waals surface area contributed by atoms with Gasteiger partial charge in [-0.2, -0.15) is 0 Å². The molecule has 1 aliphatic carbocycles. The van der Waals surface area contributed by atoms with E-state index in [1.807, 2.05) is 13.8 Å². The largest absolute Gasteiger partial charge is 0.336 e. The number of nitrogens with two attached hydrogens (primary N) is 1. The highest BCUT2D eigenvalue weighted by molar-refractivity contribution is 5.74. The first kappa shape index (κ1) is 11.3. The lowest BCUT2D eigenvalue weighted by molar-refractivity contribution is 0.224. The third kappa shape index (κ3) is 3.96. The van der Waals surface area contributed by atoms with Crippen molar-refractivity contribution >= 4 is 6.03 Å². The molecule has 82 valence electrons. The van der Waals surface area contributed by atoms with Gasteiger partial charge in [0.15, 0.2) is 0 Å². The number of carbonyl (C=O) groups excluding carboxylic acids is 1. The van der Waals surface area contributed by atoms with Gasteiger partial charge in [-0.25, -0.2) is 4.79 Å². The Kier molecular flexibility index (Phi) is 4.20. The molecule has 1 rings (SSSR count). The first-order chi connectivity index (χ1) is 6.58. The van der Waals surface area contributed by atoms with E-state index in [0.717, 1.165) is 19.3 Å². The maximum Gasteiger partial charge on any atom is 0.315 e. The standard InChI is InChI=1S/C10H21N3O/c1-7(11)6-8(2)12-10(14)13-9-4-3-5-9/h7-9H,3-6,11H2,1-2H3,(H2,12,13,14). The van der Waals surface area contributed by atoms with Crippen molar-refractivity contribution in [1.82, 2.24) is 10.6 Å². The van der Waals surface area contributed by atoms with Gasteiger partial charge in [0.25, 0.3) is 0 Å². The molecule has 4 heteroatoms. The number of urea groups is 1. The first-order valence-electron chi connectivity index (χ1n) is 5.40. The fourth-order valence-electron chi connectivity index (χ4n) is 1.62. The Morgan fingerprint density at radius 3 is 2.57 bits per heavy atom. The zero-order valence-electron chi connectivity index (χ0n) is 9.05. The maximum absolute atomic E-state index is 11.4. The molecule has 14 heavy (non-hydrogen) atoms. The van der Waals surface area contributed by atoms with E-state index in [2.05, 4.69) is 10.6 Å². The lowest BCUT2D eigenvalue weighted by Crippen LogP contribution is -2.48. The molecule has 4 N–H and O–H groups in total. The molecule has 0 aliphatic heterocycles. The second-order valence-corrected chi connectivity index (χ2v) is 4.36. The second-order valence-electron chi connectivity index (χ2n) is 4.36. The average Bonchev–Trinajstić information content (AvgIpc) is 1.94. The van der Waals surface area contributed by atoms with Crippen LogP contribution in [0.1, 0.15) is 39.5 Å². The maximum atomic E-state index is 11.4. The molecule has 0 spiro atoms. The Labute approximate surface area is 85.6 Å². The minimum atomic E-state index is -0.0529. The minimum absolute atomic E-state index is 0.0529. The summed E-state index contributed by atoms with van der Waals surface area (Å²) in [6.07, 6.45) is 4.29. The molecular weight excluding hydrogens is 178 g/mol. The van der Waals surface area contributed by atoms with Crippen LogP contribution >= 0.6 is 0 Å². The van der Waals surface area contributed by atoms with Crippen molar-refractivity contribution < 1.29 is 4.79 Å². The first-order valence-corrected chi connectivity index (χ1v) is 5.40. The molecule has 0 saturated heterocycles. The van der Waals surface area contributed by atoms with Gasteiger partial charge in [0.1, 0.15) is 0 Å². The van der Waals surface area contributed by atoms with Gasteiger partial charge < -0.3 is 16.4 Å². The van der Waals surface area contributed by atoms with Crippen molar-refractivity contribution in [1.29, 1.82) is 0 Å². The molecular formula is C10H21N3O. The zero-order chi connectivity index (χ0) is 10.6. The predicted octanol–water partition coefficient (Wildman–Crippen LogP) is 0.964. The van der Waals surface area contributed by atoms with Crippen molar-refractivity contribution in [3.8, 4) is 0 Å². The average molecular weight is 199 g/mol. The Bertz CT molecular complexity index is 190. The van der Waals surface area contributed by atoms with Gasteiger partial charge in [-0.1, -0.05) is 0 Å². The van der Waals surface area contributed by atoms with E-state index in [1.165, 1.54) is 6.42 Å². The monoisotopic (exact) mass is 199 g/mol. The molecule has 1 aliphatic rings. The van der Waals surface area contributed by atoms with E-state index in [9.17, 15) is 4.79 Å². The van der Waals surface area contributed by atoms with Gasteiger partial charge in [0.05, 0.1) is 0 Å². The van der Waals surface area contributed by atoms with Gasteiger partial charge in [-0.15, -0.1) is 0 Å². The summed E-state index contributed by atoms with van der Waals surface area (Å²) in [5, 5.41) is 5.81. The summed E-state index contributed by atoms with van der Waals surface area (Å²) in [6, 6.07) is 0.629. The molecule has 0 radical (unpaired) electrons. The van der Waals surface area contributed by atoms with E-state index in [1.54, 1.807) is 0 Å². The summed E-state index contributed by atoms with van der Waals surface area (Å²) in [7, 11) is 0. The molecule has 1 saturated carbocycles. The smallest absolute Gasteiger partial charge is 0.315 e. The van der Waals surface area contributed by atoms with E-state index in [0.29, 0.717) is 6.04 Å². The van der Waals surface area contributed by atoms with Gasteiger partial charge in [-0.05, 0) is 39.5 Å². The molecule has 1 fully saturated rings. The molecule has 2 atom stereocenters. The number of rotatable bonds is 4. The number of nitrogens with one attached hydrogen (secondary N) is 2. The summed E-state index contributed by atoms with van der Waals surface area (Å²) in [5.74, 6) is 0. The lowest BCUT2D eigenvalue weighted by atomic mass is 9.93. The van der Waals surface area contributed by atoms with Crippen LogP contribution in [0, 0.1) is 0 Å². The van der Waals surface area contributed by atoms with Crippen LogP contribution in [0.4, 0.5) is 4.79 Å². The van der Waals surface area contributed by atoms with E-state index < -0.39 is 0 Å². The molecule has 0 bridgehead atoms. The second kappa shape index (κ2) is 5.20. The van der Waals surface area contributed by atoms with Crippen molar-refractivity contribution in [3.63, 3.8) is 0 Å². The summed E-state index contributed by atoms with van der Waals surface area (Å²) < 4.78 is 0. The summed E-state index contributed by atoms with van der Waals surface area (Å²) >= 11 is 0. The summed E-state index contributed by atoms with van der Waals surface area (Å²) in [5.41, 5.74) is 5.64. The van der Waals surface area contributed by atoms with Gasteiger partial charge in [-0.3, -0.25) is 0 Å². The van der Waals surface area contributed by atoms with Crippen LogP contribution in [0.3, 0.4) is 0 Å². The van der Waals surface area contributed by atoms with Gasteiger partial charge in [0, 0.05) is 18.1 Å². The van der Waals surface area contributed by atoms with Gasteiger partial charge >= 0.3 is 6.03 Å². The summed E-state index contributed by atoms with van der Waals surface area (Å²) in [6.45, 7) is 3.92. The third-order valence-electron chi connectivity index (χ3n) is 2.54. The Balaban J connectivity index is 2.11. The van der Waals surface area contributed by atoms with Crippen LogP contribution in [0.25, 0.3) is 0 Å². The van der Waals surface area contributed by atoms with E-state index >= 15 is 0 Å². The predicted molar refractivity (Wildman–Crippen MR) is 57.0 cm³/mol. The topological polar surface area (TPSA) is 67.1 Å². The fourth-order valence-corrected chi connectivity index (χ4v) is 1.62. The molecule has 0 heterocycles. The molecule has 2 unspecified atom stereocenters. The number of carbonyl (C=O) groups is 1. The Morgan fingerprint density at radius 2 is 2.14 bits per heavy atom. The lowest BCUT2D eigenvalue weighted by Gasteiger charge is -2.27. The molecule has 0 aromatic carbocycles. The van der Waals surface area contributed by atoms with Crippen LogP contribution in [0.5, 0.6) is 0 Å². The van der Waals surface area contributed by atoms with Crippen LogP contribution in [-0.4, -0.2) is 24.2 Å². The van der Waals surface area contributed by atoms with Crippen molar-refractivity contribution in [2.75, 3.05) is 0 Å². The van der Waals surface area contributed by atoms with Crippen LogP contribution < -0.4 is 16.4 Å². The normalized spacial score (nSPS) is 20.8. The number of amides is 2. The van der Waals surface area contributed by atoms with Crippen LogP contribution in [0.15, 0.2) is 0 Å². The highest BCUT2D eigenvalue weighted by Crippen LogP contribution is 2.17. The zero-order valence-corrected chi connectivity index (χ0v) is 9.05. The quantitative estimate of drug-likeness (QED) is 0.631. The third-order valence-corrected chi connectivity index (χ3v) is 2.54. The van der Waals surface area contributed by atoms with E-state index in [-0.39, 0.29) is 18.1 Å². The highest BCUT2D eigenvalue weighted by atomic mass is 16.2. The van der Waals surface area contributed by atoms with Crippen LogP contribution in [-0.2, 0) is 0 Å². The molecule has 0 aromatic heterocycles. The molecule has 4 nitrogen and oxygen atoms in total. The Morgan fingerprint density at radius 1 is 1.50 bits per heavy atom. The van der Waals surface area contributed by atoms with Crippen LogP contribution in [0.2, 0.25) is 0 Å². The minimum Gasteiger partial charge on any atom is -0.336 e. The number of hydrogen-bond donors (Lipinski definition) is 3.